The number of unbranched alkanes of at least 4 members (excludes halogenated alkanes) is 1. The van der Waals surface area contributed by atoms with Crippen molar-refractivity contribution in [1.82, 2.24) is 0 Å². The van der Waals surface area contributed by atoms with E-state index in [-0.39, 0.29) is 0 Å². The van der Waals surface area contributed by atoms with Crippen LogP contribution < -0.4 is 0 Å². The van der Waals surface area contributed by atoms with Gasteiger partial charge in [0.15, 0.2) is 0 Å². The first-order valence-electron chi connectivity index (χ1n) is 8.70. The molecule has 0 aromatic carbocycles. The summed E-state index contributed by atoms with van der Waals surface area (Å²) in [5.74, 6) is 2.17. The Hall–Kier alpha value is 0.604. The van der Waals surface area contributed by atoms with Crippen molar-refractivity contribution in [2.75, 3.05) is 0 Å². The van der Waals surface area contributed by atoms with Gasteiger partial charge in [-0.05, 0) is 0 Å². The number of rotatable bonds is 5. The number of fused-ring (bicyclic) bond motifs is 2. The number of hydrogen-bond acceptors (Lipinski definition) is 0. The Bertz CT molecular complexity index is 283. The van der Waals surface area contributed by atoms with Crippen LogP contribution in [0.4, 0.5) is 0 Å². The zero-order valence-corrected chi connectivity index (χ0v) is 16.5. The third kappa shape index (κ3) is 4.05. The molecule has 0 aromatic rings. The van der Waals surface area contributed by atoms with Crippen LogP contribution in [0.3, 0.4) is 0 Å². The Morgan fingerprint density at radius 1 is 1.05 bits per heavy atom. The second kappa shape index (κ2) is 7.05. The summed E-state index contributed by atoms with van der Waals surface area (Å²) in [4.78, 5) is 8.00. The molecule has 2 rings (SSSR count). The van der Waals surface area contributed by atoms with E-state index in [0.717, 1.165) is 22.2 Å². The standard InChI is InChI=1S/C14H24B.3CH3.Sn/c1-2-3-4-5-12-15-13-8-6-9-14(15)11-7-10-13;;;;/h4-5,12-14H,2-3,6-11H2,1H3;3*1H3;/b5-4+;;;;. The topological polar surface area (TPSA) is 0 Å². The van der Waals surface area contributed by atoms with Crippen molar-refractivity contribution >= 4 is 25.1 Å². The van der Waals surface area contributed by atoms with Crippen molar-refractivity contribution in [3.63, 3.8) is 0 Å². The molecule has 0 amide bonds. The maximum absolute atomic E-state index is 2.70. The zero-order chi connectivity index (χ0) is 13.9. The van der Waals surface area contributed by atoms with Crippen LogP contribution in [0.25, 0.3) is 0 Å². The molecule has 2 heteroatoms. The Morgan fingerprint density at radius 2 is 1.58 bits per heavy atom. The molecule has 1 atom stereocenters. The minimum absolute atomic E-state index is 1.01. The molecule has 0 radical (unpaired) electrons. The van der Waals surface area contributed by atoms with E-state index >= 15 is 0 Å². The van der Waals surface area contributed by atoms with E-state index in [0.29, 0.717) is 0 Å². The van der Waals surface area contributed by atoms with Gasteiger partial charge < -0.3 is 0 Å². The molecule has 19 heavy (non-hydrogen) atoms. The van der Waals surface area contributed by atoms with Crippen LogP contribution in [-0.2, 0) is 0 Å². The van der Waals surface area contributed by atoms with Crippen LogP contribution in [0.15, 0.2) is 12.2 Å². The van der Waals surface area contributed by atoms with Gasteiger partial charge in [-0.1, -0.05) is 0 Å². The van der Waals surface area contributed by atoms with E-state index in [1.165, 1.54) is 25.7 Å². The van der Waals surface area contributed by atoms with E-state index in [2.05, 4.69) is 33.9 Å². The average molecular weight is 367 g/mol. The van der Waals surface area contributed by atoms with Gasteiger partial charge in [-0.15, -0.1) is 0 Å². The van der Waals surface area contributed by atoms with Crippen molar-refractivity contribution < 1.29 is 0 Å². The van der Waals surface area contributed by atoms with Gasteiger partial charge in [0, 0.05) is 0 Å². The Balaban J connectivity index is 2.16. The van der Waals surface area contributed by atoms with E-state index in [4.69, 9.17) is 0 Å². The Kier molecular flexibility index (Phi) is 5.93. The summed E-state index contributed by atoms with van der Waals surface area (Å²) in [7, 11) is 0. The monoisotopic (exact) mass is 368 g/mol. The molecule has 2 aliphatic rings. The third-order valence-corrected chi connectivity index (χ3v) is 13.0. The Labute approximate surface area is 125 Å². The molecule has 0 spiro atoms. The fraction of sp³-hybridized carbons (Fsp3) is 0.882. The van der Waals surface area contributed by atoms with Crippen molar-refractivity contribution in [3.05, 3.63) is 12.2 Å². The second-order valence-corrected chi connectivity index (χ2v) is 23.5. The van der Waals surface area contributed by atoms with Gasteiger partial charge in [0.05, 0.1) is 0 Å². The third-order valence-electron chi connectivity index (χ3n) is 5.60. The molecule has 1 unspecified atom stereocenters. The first-order chi connectivity index (χ1) is 9.04. The minimum atomic E-state index is -1.85. The summed E-state index contributed by atoms with van der Waals surface area (Å²) in [6.45, 7) is 3.38. The van der Waals surface area contributed by atoms with Crippen LogP contribution in [-0.4, -0.2) is 25.1 Å². The molecular formula is C17H33BSn. The molecule has 0 saturated carbocycles. The quantitative estimate of drug-likeness (QED) is 0.401. The van der Waals surface area contributed by atoms with Gasteiger partial charge in [-0.3, -0.25) is 0 Å². The predicted molar refractivity (Wildman–Crippen MR) is 92.1 cm³/mol. The first kappa shape index (κ1) is 16.0. The van der Waals surface area contributed by atoms with Crippen LogP contribution >= 0.6 is 0 Å². The molecule has 2 saturated heterocycles. The summed E-state index contributed by atoms with van der Waals surface area (Å²) in [5, 5.41) is 0. The predicted octanol–water partition coefficient (Wildman–Crippen LogP) is 6.19. The number of allylic oxidation sites excluding steroid dienone is 2. The van der Waals surface area contributed by atoms with Crippen LogP contribution in [0.5, 0.6) is 0 Å². The van der Waals surface area contributed by atoms with Crippen LogP contribution in [0.1, 0.15) is 58.3 Å². The fourth-order valence-corrected chi connectivity index (χ4v) is 11.6. The molecule has 2 aliphatic heterocycles. The summed E-state index contributed by atoms with van der Waals surface area (Å²) >= 11 is -1.85. The molecule has 2 heterocycles. The summed E-state index contributed by atoms with van der Waals surface area (Å²) in [6.07, 6.45) is 17.0. The average Bonchev–Trinajstić information content (AvgIpc) is 2.32. The van der Waals surface area contributed by atoms with Crippen LogP contribution in [0, 0.1) is 0 Å². The SMILES string of the molecule is CCC/C=C/[CH](B1C2CCCC1CCC2)[Sn]([CH3])([CH3])[CH3]. The van der Waals surface area contributed by atoms with Crippen molar-refractivity contribution in [2.45, 2.75) is 88.6 Å². The molecule has 108 valence electrons. The molecule has 0 aromatic heterocycles. The van der Waals surface area contributed by atoms with E-state index in [1.54, 1.807) is 25.7 Å². The molecule has 2 fully saturated rings. The van der Waals surface area contributed by atoms with E-state index in [9.17, 15) is 0 Å². The van der Waals surface area contributed by atoms with Gasteiger partial charge in [0.25, 0.3) is 0 Å². The van der Waals surface area contributed by atoms with Gasteiger partial charge in [0.2, 0.25) is 0 Å². The summed E-state index contributed by atoms with van der Waals surface area (Å²) < 4.78 is 1.01. The maximum atomic E-state index is 2.70. The van der Waals surface area contributed by atoms with Crippen molar-refractivity contribution in [1.29, 1.82) is 0 Å². The molecule has 2 bridgehead atoms. The zero-order valence-electron chi connectivity index (χ0n) is 13.6. The molecule has 0 N–H and O–H groups in total. The molecule has 0 aliphatic carbocycles. The normalized spacial score (nSPS) is 29.8. The fourth-order valence-electron chi connectivity index (χ4n) is 4.72. The summed E-state index contributed by atoms with van der Waals surface area (Å²) in [6, 6.07) is 0. The number of hydrogen-bond donors (Lipinski definition) is 0. The Morgan fingerprint density at radius 3 is 2.00 bits per heavy atom. The molecular weight excluding hydrogens is 334 g/mol. The van der Waals surface area contributed by atoms with Gasteiger partial charge in [-0.2, -0.15) is 0 Å². The van der Waals surface area contributed by atoms with E-state index < -0.39 is 18.4 Å². The second-order valence-electron chi connectivity index (χ2n) is 8.07. The van der Waals surface area contributed by atoms with Crippen LogP contribution in [0.2, 0.25) is 30.3 Å². The van der Waals surface area contributed by atoms with Gasteiger partial charge in [0.1, 0.15) is 0 Å². The summed E-state index contributed by atoms with van der Waals surface area (Å²) in [5.41, 5.74) is 0. The van der Waals surface area contributed by atoms with Gasteiger partial charge in [-0.25, -0.2) is 0 Å². The van der Waals surface area contributed by atoms with Crippen molar-refractivity contribution in [2.24, 2.45) is 0 Å². The van der Waals surface area contributed by atoms with Crippen molar-refractivity contribution in [3.8, 4) is 0 Å². The van der Waals surface area contributed by atoms with Gasteiger partial charge >= 0.3 is 126 Å². The first-order valence-corrected chi connectivity index (χ1v) is 18.9. The molecule has 0 nitrogen and oxygen atoms in total. The van der Waals surface area contributed by atoms with E-state index in [1.807, 2.05) is 0 Å².